The smallest absolute Gasteiger partial charge is 0.306 e. The average molecular weight is 529 g/mol. The molecule has 5 aliphatic rings. The van der Waals surface area contributed by atoms with Gasteiger partial charge in [-0.25, -0.2) is 0 Å². The first-order valence-corrected chi connectivity index (χ1v) is 13.7. The number of carbonyl (C=O) groups excluding carboxylic acids is 3. The van der Waals surface area contributed by atoms with Crippen molar-refractivity contribution in [3.8, 4) is 0 Å². The molecule has 2 saturated carbocycles. The lowest BCUT2D eigenvalue weighted by Crippen LogP contribution is -2.66. The van der Waals surface area contributed by atoms with E-state index in [-0.39, 0.29) is 35.6 Å². The lowest BCUT2D eigenvalue weighted by molar-refractivity contribution is -0.148. The van der Waals surface area contributed by atoms with Crippen molar-refractivity contribution in [1.82, 2.24) is 0 Å². The Kier molecular flexibility index (Phi) is 5.58. The summed E-state index contributed by atoms with van der Waals surface area (Å²) >= 11 is 0. The first kappa shape index (κ1) is 27.4. The zero-order valence-corrected chi connectivity index (χ0v) is 23.4. The van der Waals surface area contributed by atoms with Crippen molar-refractivity contribution in [1.29, 1.82) is 0 Å². The summed E-state index contributed by atoms with van der Waals surface area (Å²) in [6.45, 7) is 12.5. The topological polar surface area (TPSA) is 142 Å². The molecule has 0 aromatic rings. The molecule has 3 N–H and O–H groups in total. The third-order valence-corrected chi connectivity index (χ3v) is 11.5. The molecule has 8 nitrogen and oxygen atoms in total. The van der Waals surface area contributed by atoms with E-state index in [9.17, 15) is 34.5 Å². The minimum absolute atomic E-state index is 0.0623. The Morgan fingerprint density at radius 2 is 1.76 bits per heavy atom. The normalized spacial score (nSPS) is 44.9. The number of Topliss-reactive ketones (excluding diaryl/α,β-unsaturated/α-hetero) is 1. The van der Waals surface area contributed by atoms with Gasteiger partial charge in [-0.3, -0.25) is 19.2 Å². The minimum Gasteiger partial charge on any atom is -0.481 e. The van der Waals surface area contributed by atoms with Gasteiger partial charge >= 0.3 is 5.97 Å². The van der Waals surface area contributed by atoms with Crippen molar-refractivity contribution in [3.63, 3.8) is 0 Å². The highest BCUT2D eigenvalue weighted by Gasteiger charge is 2.85. The zero-order valence-electron chi connectivity index (χ0n) is 23.4. The molecule has 1 heterocycles. The van der Waals surface area contributed by atoms with Gasteiger partial charge in [0.15, 0.2) is 11.6 Å². The van der Waals surface area contributed by atoms with Crippen LogP contribution in [0.5, 0.6) is 0 Å². The number of rotatable bonds is 6. The molecule has 0 unspecified atom stereocenters. The van der Waals surface area contributed by atoms with E-state index in [1.165, 1.54) is 19.9 Å². The van der Waals surface area contributed by atoms with E-state index in [0.717, 1.165) is 5.57 Å². The summed E-state index contributed by atoms with van der Waals surface area (Å²) in [6.07, 6.45) is 3.47. The van der Waals surface area contributed by atoms with Gasteiger partial charge in [0.05, 0.1) is 34.6 Å². The Morgan fingerprint density at radius 1 is 1.13 bits per heavy atom. The molecule has 0 aromatic carbocycles. The molecule has 5 rings (SSSR count). The molecule has 3 fully saturated rings. The van der Waals surface area contributed by atoms with Crippen LogP contribution in [0.25, 0.3) is 0 Å². The molecule has 0 amide bonds. The highest BCUT2D eigenvalue weighted by Crippen LogP contribution is 2.78. The quantitative estimate of drug-likeness (QED) is 0.446. The van der Waals surface area contributed by atoms with E-state index in [1.807, 2.05) is 0 Å². The van der Waals surface area contributed by atoms with E-state index in [1.54, 1.807) is 19.9 Å². The largest absolute Gasteiger partial charge is 0.481 e. The van der Waals surface area contributed by atoms with Crippen LogP contribution in [-0.4, -0.2) is 62.0 Å². The molecule has 4 aliphatic carbocycles. The molecule has 0 bridgehead atoms. The fourth-order valence-electron chi connectivity index (χ4n) is 9.00. The summed E-state index contributed by atoms with van der Waals surface area (Å²) in [4.78, 5) is 52.1. The van der Waals surface area contributed by atoms with Gasteiger partial charge in [0.25, 0.3) is 0 Å². The monoisotopic (exact) mass is 528 g/mol. The van der Waals surface area contributed by atoms with Crippen LogP contribution >= 0.6 is 0 Å². The number of carbonyl (C=O) groups is 4. The van der Waals surface area contributed by atoms with Crippen LogP contribution in [-0.2, 0) is 23.9 Å². The van der Waals surface area contributed by atoms with Crippen LogP contribution in [0.2, 0.25) is 0 Å². The summed E-state index contributed by atoms with van der Waals surface area (Å²) in [5.41, 5.74) is -5.38. The van der Waals surface area contributed by atoms with Crippen molar-refractivity contribution in [2.24, 2.45) is 33.5 Å². The molecule has 0 radical (unpaired) electrons. The SMILES string of the molecule is C[C@@H](CC(=O)C[C@](C)(O)C1=CC(=O)[C@]2(C)[C@]1(C)C(=O)C=C1[C@@]3(C)CC[C@H](O)C(C)(C)[C@@H]3C[C@H]3O[C@@]132)C(=O)O. The molecule has 1 saturated heterocycles. The highest BCUT2D eigenvalue weighted by atomic mass is 16.6. The highest BCUT2D eigenvalue weighted by molar-refractivity contribution is 6.14. The molecular weight excluding hydrogens is 488 g/mol. The standard InChI is InChI=1S/C30H40O8/c1-15(24(35)36)10-16(31)14-27(5,37)19-12-22(34)29(7)28(19,6)21(33)11-18-26(4)9-8-20(32)25(2,3)17(26)13-23-30(18,29)38-23/h11-12,15,17,20,23,32,37H,8-10,13-14H2,1-7H3,(H,35,36)/t15-,17-,20-,23+,26-,27-,28-,29+,30-/m0/s1. The molecule has 38 heavy (non-hydrogen) atoms. The Bertz CT molecular complexity index is 1220. The number of epoxide rings is 1. The molecule has 208 valence electrons. The molecule has 1 spiro atoms. The van der Waals surface area contributed by atoms with E-state index in [0.29, 0.717) is 19.3 Å². The summed E-state index contributed by atoms with van der Waals surface area (Å²) in [5.74, 6) is -3.01. The van der Waals surface area contributed by atoms with Gasteiger partial charge in [-0.2, -0.15) is 0 Å². The molecule has 9 atom stereocenters. The first-order valence-electron chi connectivity index (χ1n) is 13.7. The number of ketones is 3. The maximum Gasteiger partial charge on any atom is 0.306 e. The molecular formula is C30H40O8. The number of ether oxygens (including phenoxy) is 1. The van der Waals surface area contributed by atoms with Gasteiger partial charge in [-0.1, -0.05) is 27.7 Å². The van der Waals surface area contributed by atoms with E-state index in [2.05, 4.69) is 20.8 Å². The summed E-state index contributed by atoms with van der Waals surface area (Å²) in [5, 5.41) is 31.6. The fraction of sp³-hybridized carbons (Fsp3) is 0.733. The van der Waals surface area contributed by atoms with Crippen LogP contribution in [0.4, 0.5) is 0 Å². The fourth-order valence-corrected chi connectivity index (χ4v) is 9.00. The number of allylic oxidation sites excluding steroid dienone is 2. The van der Waals surface area contributed by atoms with E-state index in [4.69, 9.17) is 4.74 Å². The number of aliphatic hydroxyl groups is 2. The number of hydrogen-bond acceptors (Lipinski definition) is 7. The van der Waals surface area contributed by atoms with Crippen LogP contribution in [0.1, 0.15) is 80.6 Å². The number of hydrogen-bond donors (Lipinski definition) is 3. The summed E-state index contributed by atoms with van der Waals surface area (Å²) < 4.78 is 6.51. The lowest BCUT2D eigenvalue weighted by Gasteiger charge is -2.61. The van der Waals surface area contributed by atoms with Crippen LogP contribution in [0, 0.1) is 33.5 Å². The first-order chi connectivity index (χ1) is 17.3. The lowest BCUT2D eigenvalue weighted by atomic mass is 9.40. The number of aliphatic hydroxyl groups excluding tert-OH is 1. The maximum absolute atomic E-state index is 14.2. The predicted octanol–water partition coefficient (Wildman–Crippen LogP) is 3.18. The summed E-state index contributed by atoms with van der Waals surface area (Å²) in [7, 11) is 0. The van der Waals surface area contributed by atoms with Crippen molar-refractivity contribution in [3.05, 3.63) is 23.3 Å². The second kappa shape index (κ2) is 7.73. The van der Waals surface area contributed by atoms with Crippen LogP contribution in [0.15, 0.2) is 23.3 Å². The van der Waals surface area contributed by atoms with E-state index < -0.39 is 63.1 Å². The Hall–Kier alpha value is -2.16. The van der Waals surface area contributed by atoms with Crippen LogP contribution in [0.3, 0.4) is 0 Å². The number of carboxylic acids is 1. The third-order valence-electron chi connectivity index (χ3n) is 11.5. The minimum atomic E-state index is -1.82. The van der Waals surface area contributed by atoms with Gasteiger partial charge in [0.1, 0.15) is 11.4 Å². The van der Waals surface area contributed by atoms with Gasteiger partial charge in [0, 0.05) is 12.8 Å². The second-order valence-corrected chi connectivity index (χ2v) is 14.0. The maximum atomic E-state index is 14.2. The Labute approximate surface area is 223 Å². The van der Waals surface area contributed by atoms with Crippen molar-refractivity contribution in [2.45, 2.75) is 104 Å². The number of fused-ring (bicyclic) bond motifs is 3. The van der Waals surface area contributed by atoms with Gasteiger partial charge < -0.3 is 20.1 Å². The molecule has 8 heteroatoms. The van der Waals surface area contributed by atoms with Crippen molar-refractivity contribution in [2.75, 3.05) is 0 Å². The van der Waals surface area contributed by atoms with Gasteiger partial charge in [0.2, 0.25) is 0 Å². The second-order valence-electron chi connectivity index (χ2n) is 14.0. The van der Waals surface area contributed by atoms with Crippen molar-refractivity contribution < 1.29 is 39.2 Å². The Balaban J connectivity index is 1.57. The predicted molar refractivity (Wildman–Crippen MR) is 137 cm³/mol. The van der Waals surface area contributed by atoms with E-state index >= 15 is 0 Å². The average Bonchev–Trinajstić information content (AvgIpc) is 3.48. The van der Waals surface area contributed by atoms with Crippen LogP contribution < -0.4 is 0 Å². The third kappa shape index (κ3) is 3.02. The zero-order chi connectivity index (χ0) is 28.4. The number of aliphatic carboxylic acids is 1. The molecule has 0 aromatic heterocycles. The summed E-state index contributed by atoms with van der Waals surface area (Å²) in [6, 6.07) is 0. The van der Waals surface area contributed by atoms with Gasteiger partial charge in [-0.15, -0.1) is 0 Å². The Morgan fingerprint density at radius 3 is 2.37 bits per heavy atom. The number of carboxylic acid groups (broad SMARTS) is 1. The van der Waals surface area contributed by atoms with Gasteiger partial charge in [-0.05, 0) is 80.1 Å². The molecule has 1 aliphatic heterocycles. The van der Waals surface area contributed by atoms with Crippen molar-refractivity contribution >= 4 is 23.3 Å².